The summed E-state index contributed by atoms with van der Waals surface area (Å²) in [5.74, 6) is 0.221. The average Bonchev–Trinajstić information content (AvgIpc) is 4.16. The van der Waals surface area contributed by atoms with E-state index < -0.39 is 0 Å². The fraction of sp³-hybridized carbons (Fsp3) is 0.588. The Bertz CT molecular complexity index is 2470. The number of hydrogen-bond acceptors (Lipinski definition) is 8. The van der Waals surface area contributed by atoms with Crippen LogP contribution in [0.2, 0.25) is 5.02 Å². The van der Waals surface area contributed by atoms with E-state index in [1.807, 2.05) is 66.6 Å². The fourth-order valence-electron chi connectivity index (χ4n) is 13.2. The quantitative estimate of drug-likeness (QED) is 0.113. The van der Waals surface area contributed by atoms with Crippen LogP contribution < -0.4 is 10.6 Å². The number of benzene rings is 2. The van der Waals surface area contributed by atoms with Gasteiger partial charge in [-0.05, 0) is 143 Å². The van der Waals surface area contributed by atoms with Crippen molar-refractivity contribution in [2.75, 3.05) is 50.0 Å². The Hall–Kier alpha value is -4.36. The van der Waals surface area contributed by atoms with E-state index in [0.717, 1.165) is 143 Å². The predicted octanol–water partition coefficient (Wildman–Crippen LogP) is 8.92. The zero-order valence-electron chi connectivity index (χ0n) is 38.3. The standard InChI is InChI=1S/C51H65ClN8O4/c1-5-64-33-51-20-16-49(31-51,17-21-51)23-27-60-25-13-42-40(29-60)54-45(58(42)4)47(63)56-38-11-7-9-36(43(38)52)35-8-6-10-37(34(35)2)55-46(62)44-53-39-28-59(24-12-41(39)57(44)3)26-22-48-14-18-50(30-48,32-61)19-15-48/h6-11,32H,5,12-31,33H2,1-4H3,(H,55,62)(H,56,63). The number of amides is 2. The molecule has 4 aromatic rings. The second-order valence-corrected chi connectivity index (χ2v) is 21.2. The van der Waals surface area contributed by atoms with Crippen molar-refractivity contribution in [3.8, 4) is 11.1 Å². The number of anilines is 2. The van der Waals surface area contributed by atoms with Gasteiger partial charge in [0.05, 0.1) is 28.7 Å². The molecule has 4 bridgehead atoms. The minimum absolute atomic E-state index is 0.0578. The van der Waals surface area contributed by atoms with Crippen LogP contribution in [0.3, 0.4) is 0 Å². The molecule has 0 radical (unpaired) electrons. The Balaban J connectivity index is 0.773. The number of nitrogens with one attached hydrogen (secondary N) is 2. The third kappa shape index (κ3) is 7.83. The lowest BCUT2D eigenvalue weighted by Crippen LogP contribution is -2.34. The molecule has 0 saturated heterocycles. The lowest BCUT2D eigenvalue weighted by atomic mass is 9.80. The fourth-order valence-corrected chi connectivity index (χ4v) is 13.5. The van der Waals surface area contributed by atoms with Crippen LogP contribution in [0, 0.1) is 28.6 Å². The van der Waals surface area contributed by atoms with E-state index in [2.05, 4.69) is 27.4 Å². The van der Waals surface area contributed by atoms with E-state index in [1.54, 1.807) is 0 Å². The van der Waals surface area contributed by atoms with Gasteiger partial charge in [0, 0.05) is 87.8 Å². The highest BCUT2D eigenvalue weighted by Gasteiger charge is 2.55. The number of nitrogens with zero attached hydrogens (tertiary/aromatic N) is 6. The van der Waals surface area contributed by atoms with Crippen LogP contribution in [0.4, 0.5) is 11.4 Å². The normalized spacial score (nSPS) is 27.2. The molecule has 2 amide bonds. The van der Waals surface area contributed by atoms with Crippen molar-refractivity contribution in [3.63, 3.8) is 0 Å². The summed E-state index contributed by atoms with van der Waals surface area (Å²) in [4.78, 5) is 54.4. The molecule has 2 aromatic carbocycles. The van der Waals surface area contributed by atoms with Gasteiger partial charge >= 0.3 is 0 Å². The highest BCUT2D eigenvalue weighted by Crippen LogP contribution is 2.63. The number of fused-ring (bicyclic) bond motifs is 6. The molecular formula is C51H65ClN8O4. The van der Waals surface area contributed by atoms with Crippen molar-refractivity contribution in [2.24, 2.45) is 35.8 Å². The van der Waals surface area contributed by atoms with Gasteiger partial charge in [-0.3, -0.25) is 19.4 Å². The lowest BCUT2D eigenvalue weighted by Gasteiger charge is -2.32. The molecule has 64 heavy (non-hydrogen) atoms. The monoisotopic (exact) mass is 888 g/mol. The maximum atomic E-state index is 13.9. The van der Waals surface area contributed by atoms with E-state index in [9.17, 15) is 14.4 Å². The summed E-state index contributed by atoms with van der Waals surface area (Å²) in [5.41, 5.74) is 8.92. The summed E-state index contributed by atoms with van der Waals surface area (Å²) in [6.45, 7) is 11.2. The highest BCUT2D eigenvalue weighted by molar-refractivity contribution is 6.36. The Morgan fingerprint density at radius 2 is 1.25 bits per heavy atom. The number of carbonyl (C=O) groups excluding carboxylic acids is 3. The second kappa shape index (κ2) is 16.8. The van der Waals surface area contributed by atoms with Crippen LogP contribution >= 0.6 is 11.6 Å². The predicted molar refractivity (Wildman–Crippen MR) is 250 cm³/mol. The zero-order valence-corrected chi connectivity index (χ0v) is 39.0. The van der Waals surface area contributed by atoms with E-state index in [0.29, 0.717) is 44.3 Å². The maximum Gasteiger partial charge on any atom is 0.291 e. The number of imidazole rings is 2. The molecule has 12 nitrogen and oxygen atoms in total. The van der Waals surface area contributed by atoms with Gasteiger partial charge in [0.25, 0.3) is 11.8 Å². The number of aromatic nitrogens is 4. The van der Waals surface area contributed by atoms with Crippen molar-refractivity contribution in [3.05, 3.63) is 81.4 Å². The number of aldehydes is 1. The number of hydrogen-bond donors (Lipinski definition) is 2. The van der Waals surface area contributed by atoms with Crippen molar-refractivity contribution >= 4 is 41.1 Å². The average molecular weight is 890 g/mol. The Morgan fingerprint density at radius 1 is 0.734 bits per heavy atom. The van der Waals surface area contributed by atoms with Crippen molar-refractivity contribution in [1.82, 2.24) is 28.9 Å². The minimum atomic E-state index is -0.296. The third-order valence-corrected chi connectivity index (χ3v) is 17.5. The van der Waals surface area contributed by atoms with Gasteiger partial charge in [-0.15, -0.1) is 0 Å². The molecule has 13 heteroatoms. The van der Waals surface area contributed by atoms with Gasteiger partial charge in [-0.1, -0.05) is 35.9 Å². The van der Waals surface area contributed by atoms with Crippen LogP contribution in [0.1, 0.15) is 134 Å². The van der Waals surface area contributed by atoms with Crippen LogP contribution in [-0.4, -0.2) is 86.4 Å². The second-order valence-electron chi connectivity index (χ2n) is 20.9. The van der Waals surface area contributed by atoms with Gasteiger partial charge in [-0.25, -0.2) is 9.97 Å². The Labute approximate surface area is 382 Å². The van der Waals surface area contributed by atoms with Gasteiger partial charge in [0.15, 0.2) is 11.6 Å². The summed E-state index contributed by atoms with van der Waals surface area (Å²) in [7, 11) is 3.87. The molecule has 2 N–H and O–H groups in total. The molecule has 2 aromatic heterocycles. The first kappa shape index (κ1) is 43.5. The Kier molecular flexibility index (Phi) is 11.4. The SMILES string of the molecule is CCOCC12CCC(CCN3CCc4c(nc(C(=O)Nc5cccc(-c6cccc(NC(=O)c7nc8c(n7C)CCN(CCC79CCC(C=O)(CC7)C9)C8)c6C)c5Cl)n4C)C3)(CC1)C2. The third-order valence-electron chi connectivity index (χ3n) is 17.1. The maximum absolute atomic E-state index is 13.9. The smallest absolute Gasteiger partial charge is 0.291 e. The van der Waals surface area contributed by atoms with Crippen molar-refractivity contribution in [1.29, 1.82) is 0 Å². The van der Waals surface area contributed by atoms with Crippen LogP contribution in [0.15, 0.2) is 36.4 Å². The molecular weight excluding hydrogens is 824 g/mol. The first-order valence-corrected chi connectivity index (χ1v) is 24.3. The number of carbonyl (C=O) groups is 3. The Morgan fingerprint density at radius 3 is 1.81 bits per heavy atom. The zero-order chi connectivity index (χ0) is 44.4. The molecule has 340 valence electrons. The van der Waals surface area contributed by atoms with E-state index in [1.165, 1.54) is 44.8 Å². The van der Waals surface area contributed by atoms with Crippen molar-refractivity contribution in [2.45, 2.75) is 117 Å². The molecule has 0 unspecified atom stereocenters. The lowest BCUT2D eigenvalue weighted by molar-refractivity contribution is -0.115. The molecule has 4 saturated carbocycles. The molecule has 10 rings (SSSR count). The highest BCUT2D eigenvalue weighted by atomic mass is 35.5. The summed E-state index contributed by atoms with van der Waals surface area (Å²) in [5, 5.41) is 6.64. The van der Waals surface area contributed by atoms with E-state index in [-0.39, 0.29) is 17.2 Å². The molecule has 2 aliphatic heterocycles. The minimum Gasteiger partial charge on any atom is -0.381 e. The molecule has 6 aliphatic rings. The molecule has 4 heterocycles. The van der Waals surface area contributed by atoms with Gasteiger partial charge in [0.2, 0.25) is 0 Å². The van der Waals surface area contributed by atoms with Gasteiger partial charge in [-0.2, -0.15) is 0 Å². The largest absolute Gasteiger partial charge is 0.381 e. The summed E-state index contributed by atoms with van der Waals surface area (Å²) < 4.78 is 9.80. The van der Waals surface area contributed by atoms with Gasteiger partial charge < -0.3 is 29.3 Å². The van der Waals surface area contributed by atoms with E-state index in [4.69, 9.17) is 26.3 Å². The van der Waals surface area contributed by atoms with Gasteiger partial charge in [0.1, 0.15) is 6.29 Å². The molecule has 0 spiro atoms. The number of ether oxygens (including phenoxy) is 1. The van der Waals surface area contributed by atoms with E-state index >= 15 is 0 Å². The molecule has 0 atom stereocenters. The summed E-state index contributed by atoms with van der Waals surface area (Å²) in [6.07, 6.45) is 17.3. The van der Waals surface area contributed by atoms with Crippen LogP contribution in [0.5, 0.6) is 0 Å². The number of rotatable bonds is 15. The molecule has 4 fully saturated rings. The topological polar surface area (TPSA) is 127 Å². The van der Waals surface area contributed by atoms with Crippen LogP contribution in [0.25, 0.3) is 11.1 Å². The summed E-state index contributed by atoms with van der Waals surface area (Å²) >= 11 is 7.12. The number of halogens is 1. The first-order valence-electron chi connectivity index (χ1n) is 23.9. The van der Waals surface area contributed by atoms with Crippen molar-refractivity contribution < 1.29 is 19.1 Å². The first-order chi connectivity index (χ1) is 30.8. The summed E-state index contributed by atoms with van der Waals surface area (Å²) in [6, 6.07) is 11.4. The van der Waals surface area contributed by atoms with Crippen LogP contribution in [-0.2, 0) is 49.6 Å². The molecule has 4 aliphatic carbocycles.